The van der Waals surface area contributed by atoms with Crippen LogP contribution in [0.1, 0.15) is 30.6 Å². The van der Waals surface area contributed by atoms with Crippen molar-refractivity contribution in [2.45, 2.75) is 32.9 Å². The van der Waals surface area contributed by atoms with Crippen LogP contribution >= 0.6 is 15.9 Å². The van der Waals surface area contributed by atoms with E-state index >= 15 is 0 Å². The van der Waals surface area contributed by atoms with Crippen LogP contribution in [0.15, 0.2) is 27.2 Å². The van der Waals surface area contributed by atoms with Gasteiger partial charge in [-0.2, -0.15) is 4.98 Å². The summed E-state index contributed by atoms with van der Waals surface area (Å²) in [5, 5.41) is 7.02. The zero-order valence-electron chi connectivity index (χ0n) is 11.6. The Bertz CT molecular complexity index is 557. The molecule has 0 aliphatic heterocycles. The highest BCUT2D eigenvalue weighted by Gasteiger charge is 2.09. The molecule has 0 radical (unpaired) electrons. The number of rotatable bonds is 7. The molecule has 0 aliphatic carbocycles. The van der Waals surface area contributed by atoms with Gasteiger partial charge in [0.1, 0.15) is 5.75 Å². The van der Waals surface area contributed by atoms with Gasteiger partial charge in [0.2, 0.25) is 0 Å². The van der Waals surface area contributed by atoms with Crippen molar-refractivity contribution in [2.24, 2.45) is 0 Å². The van der Waals surface area contributed by atoms with E-state index < -0.39 is 0 Å². The molecule has 1 N–H and O–H groups in total. The first-order valence-corrected chi connectivity index (χ1v) is 7.39. The molecule has 1 aromatic carbocycles. The van der Waals surface area contributed by atoms with Crippen molar-refractivity contribution in [2.75, 3.05) is 7.05 Å². The Morgan fingerprint density at radius 2 is 2.25 bits per heavy atom. The number of hydrogen-bond donors (Lipinski definition) is 1. The van der Waals surface area contributed by atoms with Crippen LogP contribution in [0, 0.1) is 0 Å². The van der Waals surface area contributed by atoms with E-state index in [1.165, 1.54) is 0 Å². The van der Waals surface area contributed by atoms with Crippen LogP contribution in [0.4, 0.5) is 0 Å². The lowest BCUT2D eigenvalue weighted by molar-refractivity contribution is 0.240. The van der Waals surface area contributed by atoms with Crippen LogP contribution < -0.4 is 10.1 Å². The van der Waals surface area contributed by atoms with E-state index in [0.717, 1.165) is 41.0 Å². The molecule has 2 aromatic rings. The predicted molar refractivity (Wildman–Crippen MR) is 79.5 cm³/mol. The summed E-state index contributed by atoms with van der Waals surface area (Å²) in [6, 6.07) is 5.91. The van der Waals surface area contributed by atoms with E-state index in [0.29, 0.717) is 5.89 Å². The Balaban J connectivity index is 2.02. The fourth-order valence-corrected chi connectivity index (χ4v) is 2.24. The smallest absolute Gasteiger partial charge is 0.264 e. The maximum absolute atomic E-state index is 5.77. The monoisotopic (exact) mass is 339 g/mol. The summed E-state index contributed by atoms with van der Waals surface area (Å²) < 4.78 is 11.9. The number of aromatic nitrogens is 2. The van der Waals surface area contributed by atoms with Gasteiger partial charge >= 0.3 is 0 Å². The zero-order chi connectivity index (χ0) is 14.4. The summed E-state index contributed by atoms with van der Waals surface area (Å²) in [6.07, 6.45) is 1.83. The summed E-state index contributed by atoms with van der Waals surface area (Å²) in [7, 11) is 1.90. The van der Waals surface area contributed by atoms with Crippen molar-refractivity contribution in [3.8, 4) is 5.75 Å². The van der Waals surface area contributed by atoms with Gasteiger partial charge in [-0.25, -0.2) is 0 Å². The lowest BCUT2D eigenvalue weighted by Gasteiger charge is -2.10. The standard InChI is InChI=1S/C14H18BrN3O2/c1-3-4-13-17-14(20-18-13)9-19-12-6-5-11(15)7-10(12)8-16-2/h5-7,16H,3-4,8-9H2,1-2H3. The minimum atomic E-state index is 0.287. The van der Waals surface area contributed by atoms with Crippen molar-refractivity contribution in [3.63, 3.8) is 0 Å². The fraction of sp³-hybridized carbons (Fsp3) is 0.429. The van der Waals surface area contributed by atoms with Crippen molar-refractivity contribution >= 4 is 15.9 Å². The van der Waals surface area contributed by atoms with Crippen LogP contribution in [-0.4, -0.2) is 17.2 Å². The molecule has 2 rings (SSSR count). The topological polar surface area (TPSA) is 60.2 Å². The molecule has 1 heterocycles. The number of ether oxygens (including phenoxy) is 1. The molecule has 0 amide bonds. The molecule has 0 saturated carbocycles. The summed E-state index contributed by atoms with van der Waals surface area (Å²) in [5.41, 5.74) is 1.08. The minimum Gasteiger partial charge on any atom is -0.483 e. The van der Waals surface area contributed by atoms with Crippen LogP contribution in [-0.2, 0) is 19.6 Å². The average molecular weight is 340 g/mol. The second kappa shape index (κ2) is 7.40. The summed E-state index contributed by atoms with van der Waals surface area (Å²) in [4.78, 5) is 4.28. The van der Waals surface area contributed by atoms with Gasteiger partial charge in [-0.15, -0.1) is 0 Å². The van der Waals surface area contributed by atoms with Crippen LogP contribution in [0.5, 0.6) is 5.75 Å². The number of aryl methyl sites for hydroxylation is 1. The molecule has 1 aromatic heterocycles. The van der Waals surface area contributed by atoms with E-state index in [1.54, 1.807) is 0 Å². The van der Waals surface area contributed by atoms with E-state index in [1.807, 2.05) is 25.2 Å². The Hall–Kier alpha value is -1.40. The normalized spacial score (nSPS) is 10.8. The summed E-state index contributed by atoms with van der Waals surface area (Å²) in [6.45, 7) is 3.10. The lowest BCUT2D eigenvalue weighted by Crippen LogP contribution is -2.07. The van der Waals surface area contributed by atoms with Crippen molar-refractivity contribution < 1.29 is 9.26 Å². The predicted octanol–water partition coefficient (Wildman–Crippen LogP) is 3.08. The summed E-state index contributed by atoms with van der Waals surface area (Å²) in [5.74, 6) is 2.06. The highest BCUT2D eigenvalue weighted by atomic mass is 79.9. The van der Waals surface area contributed by atoms with Crippen LogP contribution in [0.25, 0.3) is 0 Å². The number of benzene rings is 1. The van der Waals surface area contributed by atoms with Crippen LogP contribution in [0.2, 0.25) is 0 Å². The van der Waals surface area contributed by atoms with Gasteiger partial charge in [-0.3, -0.25) is 0 Å². The van der Waals surface area contributed by atoms with Gasteiger partial charge in [-0.05, 0) is 31.7 Å². The van der Waals surface area contributed by atoms with Crippen LogP contribution in [0.3, 0.4) is 0 Å². The number of nitrogens with zero attached hydrogens (tertiary/aromatic N) is 2. The molecule has 0 saturated heterocycles. The maximum atomic E-state index is 5.77. The first-order chi connectivity index (χ1) is 9.72. The molecule has 5 nitrogen and oxygen atoms in total. The van der Waals surface area contributed by atoms with Gasteiger partial charge in [0.25, 0.3) is 5.89 Å². The molecule has 0 bridgehead atoms. The average Bonchev–Trinajstić information content (AvgIpc) is 2.86. The van der Waals surface area contributed by atoms with Crippen molar-refractivity contribution in [3.05, 3.63) is 40.0 Å². The minimum absolute atomic E-state index is 0.287. The number of nitrogens with one attached hydrogen (secondary N) is 1. The fourth-order valence-electron chi connectivity index (χ4n) is 1.83. The van der Waals surface area contributed by atoms with E-state index in [2.05, 4.69) is 38.3 Å². The second-order valence-corrected chi connectivity index (χ2v) is 5.34. The van der Waals surface area contributed by atoms with E-state index in [-0.39, 0.29) is 6.61 Å². The quantitative estimate of drug-likeness (QED) is 0.839. The molecular weight excluding hydrogens is 322 g/mol. The lowest BCUT2D eigenvalue weighted by atomic mass is 10.2. The maximum Gasteiger partial charge on any atom is 0.264 e. The van der Waals surface area contributed by atoms with Crippen molar-refractivity contribution in [1.29, 1.82) is 0 Å². The van der Waals surface area contributed by atoms with Crippen molar-refractivity contribution in [1.82, 2.24) is 15.5 Å². The van der Waals surface area contributed by atoms with Gasteiger partial charge < -0.3 is 14.6 Å². The Kier molecular flexibility index (Phi) is 5.55. The largest absolute Gasteiger partial charge is 0.483 e. The Morgan fingerprint density at radius 1 is 1.40 bits per heavy atom. The molecule has 0 atom stereocenters. The van der Waals surface area contributed by atoms with E-state index in [4.69, 9.17) is 9.26 Å². The highest BCUT2D eigenvalue weighted by Crippen LogP contribution is 2.24. The molecule has 108 valence electrons. The molecular formula is C14H18BrN3O2. The Labute approximate surface area is 126 Å². The molecule has 0 unspecified atom stereocenters. The zero-order valence-corrected chi connectivity index (χ0v) is 13.2. The number of hydrogen-bond acceptors (Lipinski definition) is 5. The SMILES string of the molecule is CCCc1noc(COc2ccc(Br)cc2CNC)n1. The van der Waals surface area contributed by atoms with Gasteiger partial charge in [0, 0.05) is 23.0 Å². The first-order valence-electron chi connectivity index (χ1n) is 6.60. The van der Waals surface area contributed by atoms with Gasteiger partial charge in [0.05, 0.1) is 0 Å². The molecule has 0 fully saturated rings. The third-order valence-electron chi connectivity index (χ3n) is 2.72. The number of halogens is 1. The molecule has 0 aliphatic rings. The Morgan fingerprint density at radius 3 is 3.00 bits per heavy atom. The molecule has 6 heteroatoms. The third kappa shape index (κ3) is 4.05. The third-order valence-corrected chi connectivity index (χ3v) is 3.22. The molecule has 20 heavy (non-hydrogen) atoms. The second-order valence-electron chi connectivity index (χ2n) is 4.43. The van der Waals surface area contributed by atoms with E-state index in [9.17, 15) is 0 Å². The van der Waals surface area contributed by atoms with Gasteiger partial charge in [0.15, 0.2) is 12.4 Å². The van der Waals surface area contributed by atoms with Gasteiger partial charge in [-0.1, -0.05) is 28.0 Å². The first kappa shape index (κ1) is 15.0. The summed E-state index contributed by atoms with van der Waals surface area (Å²) >= 11 is 3.46. The highest BCUT2D eigenvalue weighted by molar-refractivity contribution is 9.10. The molecule has 0 spiro atoms.